The Hall–Kier alpha value is -3.13. The van der Waals surface area contributed by atoms with Crippen molar-refractivity contribution in [2.75, 3.05) is 0 Å². The quantitative estimate of drug-likeness (QED) is 0.438. The Morgan fingerprint density at radius 2 is 1.79 bits per heavy atom. The van der Waals surface area contributed by atoms with Crippen molar-refractivity contribution in [3.63, 3.8) is 0 Å². The van der Waals surface area contributed by atoms with Gasteiger partial charge in [-0.25, -0.2) is 9.59 Å². The van der Waals surface area contributed by atoms with Gasteiger partial charge in [0.2, 0.25) is 0 Å². The molecular formula is C16H9NO6S. The summed E-state index contributed by atoms with van der Waals surface area (Å²) in [6.07, 6.45) is 0. The van der Waals surface area contributed by atoms with Crippen molar-refractivity contribution in [2.45, 2.75) is 9.79 Å². The molecule has 0 aliphatic heterocycles. The van der Waals surface area contributed by atoms with Crippen LogP contribution < -0.4 is 5.63 Å². The van der Waals surface area contributed by atoms with Crippen molar-refractivity contribution in [3.8, 4) is 0 Å². The van der Waals surface area contributed by atoms with Gasteiger partial charge in [-0.3, -0.25) is 10.1 Å². The van der Waals surface area contributed by atoms with E-state index in [1.54, 1.807) is 30.3 Å². The maximum atomic E-state index is 12.0. The second-order valence-corrected chi connectivity index (χ2v) is 5.78. The first kappa shape index (κ1) is 15.8. The average Bonchev–Trinajstić information content (AvgIpc) is 2.54. The SMILES string of the molecule is O=C(O)c1ccccc1Sc1c([N+](=O)[O-])c(=O)oc2ccccc12. The third-order valence-electron chi connectivity index (χ3n) is 3.25. The number of hydrogen-bond donors (Lipinski definition) is 1. The molecule has 7 nitrogen and oxygen atoms in total. The van der Waals surface area contributed by atoms with Gasteiger partial charge in [0.05, 0.1) is 10.5 Å². The van der Waals surface area contributed by atoms with Crippen LogP contribution in [0.3, 0.4) is 0 Å². The molecule has 3 aromatic rings. The lowest BCUT2D eigenvalue weighted by atomic mass is 10.2. The molecule has 2 aromatic carbocycles. The lowest BCUT2D eigenvalue weighted by molar-refractivity contribution is -0.390. The predicted molar refractivity (Wildman–Crippen MR) is 86.7 cm³/mol. The van der Waals surface area contributed by atoms with Crippen molar-refractivity contribution in [2.24, 2.45) is 0 Å². The van der Waals surface area contributed by atoms with E-state index in [-0.39, 0.29) is 16.0 Å². The Morgan fingerprint density at radius 1 is 1.12 bits per heavy atom. The summed E-state index contributed by atoms with van der Waals surface area (Å²) in [5, 5.41) is 20.9. The van der Waals surface area contributed by atoms with Crippen molar-refractivity contribution in [1.82, 2.24) is 0 Å². The van der Waals surface area contributed by atoms with E-state index in [1.807, 2.05) is 0 Å². The molecule has 0 radical (unpaired) electrons. The Kier molecular flexibility index (Phi) is 4.05. The molecule has 0 spiro atoms. The Morgan fingerprint density at radius 3 is 2.50 bits per heavy atom. The van der Waals surface area contributed by atoms with Crippen molar-refractivity contribution >= 4 is 34.4 Å². The lowest BCUT2D eigenvalue weighted by Crippen LogP contribution is -2.09. The number of carboxylic acids is 1. The van der Waals surface area contributed by atoms with E-state index in [2.05, 4.69) is 0 Å². The molecule has 0 atom stereocenters. The topological polar surface area (TPSA) is 111 Å². The van der Waals surface area contributed by atoms with Crippen LogP contribution in [0.15, 0.2) is 67.5 Å². The molecule has 0 saturated heterocycles. The van der Waals surface area contributed by atoms with Crippen LogP contribution in [-0.4, -0.2) is 16.0 Å². The van der Waals surface area contributed by atoms with Crippen LogP contribution in [0.1, 0.15) is 10.4 Å². The lowest BCUT2D eigenvalue weighted by Gasteiger charge is -2.08. The molecule has 0 fully saturated rings. The first-order valence-corrected chi connectivity index (χ1v) is 7.51. The van der Waals surface area contributed by atoms with E-state index in [4.69, 9.17) is 4.42 Å². The summed E-state index contributed by atoms with van der Waals surface area (Å²) >= 11 is 0.859. The number of carboxylic acid groups (broad SMARTS) is 1. The second kappa shape index (κ2) is 6.17. The van der Waals surface area contributed by atoms with E-state index in [9.17, 15) is 24.8 Å². The van der Waals surface area contributed by atoms with Gasteiger partial charge >= 0.3 is 17.3 Å². The van der Waals surface area contributed by atoms with Gasteiger partial charge in [0, 0.05) is 10.3 Å². The molecule has 1 heterocycles. The van der Waals surface area contributed by atoms with Crippen LogP contribution in [0.5, 0.6) is 0 Å². The standard InChI is InChI=1S/C16H9NO6S/c18-15(19)10-6-2-4-8-12(10)24-14-9-5-1-3-7-11(9)23-16(20)13(14)17(21)22/h1-8H,(H,18,19). The highest BCUT2D eigenvalue weighted by atomic mass is 32.2. The molecule has 0 amide bonds. The highest BCUT2D eigenvalue weighted by molar-refractivity contribution is 7.99. The Labute approximate surface area is 138 Å². The first-order chi connectivity index (χ1) is 11.5. The Balaban J connectivity index is 2.30. The van der Waals surface area contributed by atoms with Crippen LogP contribution in [-0.2, 0) is 0 Å². The van der Waals surface area contributed by atoms with E-state index in [0.717, 1.165) is 11.8 Å². The van der Waals surface area contributed by atoms with Gasteiger partial charge in [-0.05, 0) is 24.3 Å². The Bertz CT molecular complexity index is 1030. The van der Waals surface area contributed by atoms with E-state index in [0.29, 0.717) is 10.3 Å². The number of benzene rings is 2. The molecule has 8 heteroatoms. The molecule has 0 unspecified atom stereocenters. The van der Waals surface area contributed by atoms with Gasteiger partial charge in [0.25, 0.3) is 0 Å². The maximum Gasteiger partial charge on any atom is 0.416 e. The summed E-state index contributed by atoms with van der Waals surface area (Å²) in [6.45, 7) is 0. The number of para-hydroxylation sites is 1. The smallest absolute Gasteiger partial charge is 0.416 e. The van der Waals surface area contributed by atoms with Gasteiger partial charge < -0.3 is 9.52 Å². The van der Waals surface area contributed by atoms with E-state index in [1.165, 1.54) is 18.2 Å². The fourth-order valence-corrected chi connectivity index (χ4v) is 3.38. The highest BCUT2D eigenvalue weighted by Gasteiger charge is 2.26. The highest BCUT2D eigenvalue weighted by Crippen LogP contribution is 2.39. The molecule has 0 bridgehead atoms. The minimum absolute atomic E-state index is 0.00544. The zero-order valence-electron chi connectivity index (χ0n) is 12.0. The number of hydrogen-bond acceptors (Lipinski definition) is 6. The minimum atomic E-state index is -1.16. The fraction of sp³-hybridized carbons (Fsp3) is 0. The van der Waals surface area contributed by atoms with Crippen molar-refractivity contribution in [3.05, 3.63) is 74.6 Å². The largest absolute Gasteiger partial charge is 0.478 e. The number of rotatable bonds is 4. The molecule has 0 aliphatic rings. The molecule has 24 heavy (non-hydrogen) atoms. The van der Waals surface area contributed by atoms with Gasteiger partial charge in [0.1, 0.15) is 10.5 Å². The zero-order chi connectivity index (χ0) is 17.3. The molecule has 1 N–H and O–H groups in total. The zero-order valence-corrected chi connectivity index (χ0v) is 12.8. The molecule has 0 saturated carbocycles. The average molecular weight is 343 g/mol. The van der Waals surface area contributed by atoms with Crippen LogP contribution in [0.25, 0.3) is 11.0 Å². The third-order valence-corrected chi connectivity index (χ3v) is 4.45. The molecule has 3 rings (SSSR count). The van der Waals surface area contributed by atoms with Crippen LogP contribution in [0.4, 0.5) is 5.69 Å². The molecule has 0 aliphatic carbocycles. The van der Waals surface area contributed by atoms with Gasteiger partial charge in [-0.1, -0.05) is 36.0 Å². The molecule has 1 aromatic heterocycles. The fourth-order valence-electron chi connectivity index (χ4n) is 2.21. The summed E-state index contributed by atoms with van der Waals surface area (Å²) < 4.78 is 4.98. The summed E-state index contributed by atoms with van der Waals surface area (Å²) in [6, 6.07) is 12.5. The number of carbonyl (C=O) groups is 1. The maximum absolute atomic E-state index is 12.0. The number of aromatic carboxylic acids is 1. The van der Waals surface area contributed by atoms with Crippen LogP contribution in [0.2, 0.25) is 0 Å². The minimum Gasteiger partial charge on any atom is -0.478 e. The van der Waals surface area contributed by atoms with Gasteiger partial charge in [0.15, 0.2) is 0 Å². The van der Waals surface area contributed by atoms with Gasteiger partial charge in [-0.2, -0.15) is 0 Å². The third kappa shape index (κ3) is 2.74. The normalized spacial score (nSPS) is 10.7. The number of fused-ring (bicyclic) bond motifs is 1. The van der Waals surface area contributed by atoms with Crippen LogP contribution >= 0.6 is 11.8 Å². The summed E-state index contributed by atoms with van der Waals surface area (Å²) in [5.41, 5.74) is -1.59. The monoisotopic (exact) mass is 343 g/mol. The summed E-state index contributed by atoms with van der Waals surface area (Å²) in [4.78, 5) is 34.1. The first-order valence-electron chi connectivity index (χ1n) is 6.69. The van der Waals surface area contributed by atoms with Crippen molar-refractivity contribution < 1.29 is 19.2 Å². The van der Waals surface area contributed by atoms with E-state index < -0.39 is 22.2 Å². The molecule has 120 valence electrons. The summed E-state index contributed by atoms with van der Waals surface area (Å²) in [7, 11) is 0. The number of nitro groups is 1. The summed E-state index contributed by atoms with van der Waals surface area (Å²) in [5.74, 6) is -1.16. The van der Waals surface area contributed by atoms with E-state index >= 15 is 0 Å². The van der Waals surface area contributed by atoms with Crippen molar-refractivity contribution in [1.29, 1.82) is 0 Å². The van der Waals surface area contributed by atoms with Gasteiger partial charge in [-0.15, -0.1) is 0 Å². The predicted octanol–water partition coefficient (Wildman–Crippen LogP) is 3.55. The number of nitrogens with zero attached hydrogens (tertiary/aromatic N) is 1. The van der Waals surface area contributed by atoms with Crippen LogP contribution in [0, 0.1) is 10.1 Å². The molecular weight excluding hydrogens is 334 g/mol. The second-order valence-electron chi connectivity index (χ2n) is 4.72.